The van der Waals surface area contributed by atoms with Gasteiger partial charge in [-0.15, -0.1) is 0 Å². The summed E-state index contributed by atoms with van der Waals surface area (Å²) in [6.45, 7) is 0. The first-order chi connectivity index (χ1) is 9.01. The number of ether oxygens (including phenoxy) is 1. The van der Waals surface area contributed by atoms with Crippen LogP contribution in [-0.2, 0) is 0 Å². The predicted molar refractivity (Wildman–Crippen MR) is 82.9 cm³/mol. The van der Waals surface area contributed by atoms with Crippen LogP contribution in [0.25, 0.3) is 0 Å². The molecule has 0 bridgehead atoms. The van der Waals surface area contributed by atoms with Crippen molar-refractivity contribution in [3.05, 3.63) is 62.8 Å². The summed E-state index contributed by atoms with van der Waals surface area (Å²) in [4.78, 5) is -0.136. The van der Waals surface area contributed by atoms with Crippen molar-refractivity contribution in [3.63, 3.8) is 0 Å². The first-order valence-electron chi connectivity index (χ1n) is 5.44. The molecule has 19 heavy (non-hydrogen) atoms. The maximum absolute atomic E-state index is 13.7. The molecule has 1 atom stereocenters. The molecule has 100 valence electrons. The molecule has 0 fully saturated rings. The largest absolute Gasteiger partial charge is 0.494 e. The van der Waals surface area contributed by atoms with Crippen molar-refractivity contribution in [2.24, 2.45) is 0 Å². The van der Waals surface area contributed by atoms with Crippen molar-refractivity contribution in [3.8, 4) is 5.75 Å². The summed E-state index contributed by atoms with van der Waals surface area (Å²) in [5.74, 6) is -0.152. The van der Waals surface area contributed by atoms with Gasteiger partial charge in [0.15, 0.2) is 11.6 Å². The molecule has 0 saturated heterocycles. The third-order valence-electron chi connectivity index (χ3n) is 2.65. The van der Waals surface area contributed by atoms with Crippen LogP contribution in [0.15, 0.2) is 40.9 Å². The maximum Gasteiger partial charge on any atom is 0.165 e. The summed E-state index contributed by atoms with van der Waals surface area (Å²) >= 11 is 13.0. The standard InChI is InChI=1S/C14H10Br2ClFO/c1-19-13-3-2-8(6-12(13)18)14(16)9-4-10(15)7-11(17)5-9/h2-7,14H,1H3. The van der Waals surface area contributed by atoms with Crippen LogP contribution in [0.1, 0.15) is 16.0 Å². The van der Waals surface area contributed by atoms with E-state index in [1.807, 2.05) is 18.2 Å². The van der Waals surface area contributed by atoms with E-state index in [2.05, 4.69) is 31.9 Å². The number of rotatable bonds is 3. The van der Waals surface area contributed by atoms with Gasteiger partial charge < -0.3 is 4.74 Å². The number of halogens is 4. The smallest absolute Gasteiger partial charge is 0.165 e. The Hall–Kier alpha value is -0.580. The quantitative estimate of drug-likeness (QED) is 0.589. The molecule has 2 rings (SSSR count). The maximum atomic E-state index is 13.7. The molecule has 0 spiro atoms. The van der Waals surface area contributed by atoms with Gasteiger partial charge in [-0.05, 0) is 41.5 Å². The lowest BCUT2D eigenvalue weighted by atomic mass is 10.0. The van der Waals surface area contributed by atoms with Gasteiger partial charge in [-0.3, -0.25) is 0 Å². The molecule has 0 heterocycles. The molecule has 0 aliphatic heterocycles. The molecule has 0 saturated carbocycles. The van der Waals surface area contributed by atoms with Crippen molar-refractivity contribution in [1.82, 2.24) is 0 Å². The van der Waals surface area contributed by atoms with E-state index in [1.165, 1.54) is 13.2 Å². The van der Waals surface area contributed by atoms with Crippen LogP contribution in [0.3, 0.4) is 0 Å². The molecule has 1 unspecified atom stereocenters. The Bertz CT molecular complexity index is 584. The van der Waals surface area contributed by atoms with Crippen LogP contribution in [0.4, 0.5) is 4.39 Å². The normalized spacial score (nSPS) is 12.3. The molecule has 0 aliphatic rings. The van der Waals surface area contributed by atoms with E-state index in [4.69, 9.17) is 16.3 Å². The van der Waals surface area contributed by atoms with Gasteiger partial charge in [0.05, 0.1) is 11.9 Å². The van der Waals surface area contributed by atoms with E-state index in [9.17, 15) is 4.39 Å². The molecule has 0 radical (unpaired) electrons. The van der Waals surface area contributed by atoms with Crippen molar-refractivity contribution in [2.45, 2.75) is 4.83 Å². The van der Waals surface area contributed by atoms with Crippen LogP contribution in [0.2, 0.25) is 5.02 Å². The van der Waals surface area contributed by atoms with Gasteiger partial charge in [0, 0.05) is 9.50 Å². The molecule has 1 nitrogen and oxygen atoms in total. The molecule has 2 aromatic carbocycles. The zero-order valence-corrected chi connectivity index (χ0v) is 13.9. The fraction of sp³-hybridized carbons (Fsp3) is 0.143. The molecular formula is C14H10Br2ClFO. The predicted octanol–water partition coefficient (Wildman–Crippen LogP) is 5.73. The van der Waals surface area contributed by atoms with Crippen molar-refractivity contribution in [2.75, 3.05) is 7.11 Å². The molecule has 2 aromatic rings. The molecule has 0 aromatic heterocycles. The van der Waals surface area contributed by atoms with Gasteiger partial charge in [0.25, 0.3) is 0 Å². The summed E-state index contributed by atoms with van der Waals surface area (Å²) < 4.78 is 19.5. The summed E-state index contributed by atoms with van der Waals surface area (Å²) in [6, 6.07) is 10.5. The second kappa shape index (κ2) is 6.25. The number of hydrogen-bond acceptors (Lipinski definition) is 1. The Morgan fingerprint density at radius 1 is 1.16 bits per heavy atom. The van der Waals surface area contributed by atoms with Crippen LogP contribution >= 0.6 is 43.5 Å². The van der Waals surface area contributed by atoms with Gasteiger partial charge in [-0.25, -0.2) is 4.39 Å². The Morgan fingerprint density at radius 2 is 1.89 bits per heavy atom. The zero-order chi connectivity index (χ0) is 14.0. The molecule has 0 N–H and O–H groups in total. The van der Waals surface area contributed by atoms with E-state index in [0.717, 1.165) is 15.6 Å². The third-order valence-corrected chi connectivity index (χ3v) is 4.38. The Kier molecular flexibility index (Phi) is 4.87. The van der Waals surface area contributed by atoms with Gasteiger partial charge >= 0.3 is 0 Å². The first kappa shape index (κ1) is 14.8. The highest BCUT2D eigenvalue weighted by Gasteiger charge is 2.14. The highest BCUT2D eigenvalue weighted by atomic mass is 79.9. The summed E-state index contributed by atoms with van der Waals surface area (Å²) in [7, 11) is 1.44. The molecule has 0 amide bonds. The lowest BCUT2D eigenvalue weighted by Gasteiger charge is -2.13. The highest BCUT2D eigenvalue weighted by Crippen LogP contribution is 2.35. The summed E-state index contributed by atoms with van der Waals surface area (Å²) in [5.41, 5.74) is 1.75. The van der Waals surface area contributed by atoms with Gasteiger partial charge in [-0.1, -0.05) is 49.5 Å². The third kappa shape index (κ3) is 3.50. The number of alkyl halides is 1. The van der Waals surface area contributed by atoms with E-state index < -0.39 is 0 Å². The van der Waals surface area contributed by atoms with Crippen LogP contribution in [0.5, 0.6) is 5.75 Å². The number of benzene rings is 2. The van der Waals surface area contributed by atoms with E-state index in [-0.39, 0.29) is 16.4 Å². The Labute approximate surface area is 133 Å². The molecular weight excluding hydrogens is 398 g/mol. The lowest BCUT2D eigenvalue weighted by Crippen LogP contribution is -1.96. The second-order valence-electron chi connectivity index (χ2n) is 3.96. The zero-order valence-electron chi connectivity index (χ0n) is 9.96. The topological polar surface area (TPSA) is 9.23 Å². The van der Waals surface area contributed by atoms with Crippen LogP contribution in [-0.4, -0.2) is 7.11 Å². The fourth-order valence-corrected chi connectivity index (χ4v) is 3.19. The van der Waals surface area contributed by atoms with Crippen molar-refractivity contribution < 1.29 is 9.13 Å². The summed E-state index contributed by atoms with van der Waals surface area (Å²) in [5, 5.41) is 0.628. The number of hydrogen-bond donors (Lipinski definition) is 0. The minimum atomic E-state index is -0.384. The van der Waals surface area contributed by atoms with Crippen molar-refractivity contribution >= 4 is 43.5 Å². The van der Waals surface area contributed by atoms with Gasteiger partial charge in [0.1, 0.15) is 0 Å². The van der Waals surface area contributed by atoms with Crippen LogP contribution < -0.4 is 4.74 Å². The second-order valence-corrected chi connectivity index (χ2v) is 6.23. The highest BCUT2D eigenvalue weighted by molar-refractivity contribution is 9.10. The number of methoxy groups -OCH3 is 1. The minimum Gasteiger partial charge on any atom is -0.494 e. The SMILES string of the molecule is COc1ccc(C(Br)c2cc(Cl)cc(Br)c2)cc1F. The van der Waals surface area contributed by atoms with E-state index >= 15 is 0 Å². The minimum absolute atomic E-state index is 0.136. The van der Waals surface area contributed by atoms with Gasteiger partial charge in [0.2, 0.25) is 0 Å². The lowest BCUT2D eigenvalue weighted by molar-refractivity contribution is 0.386. The van der Waals surface area contributed by atoms with Crippen LogP contribution in [0, 0.1) is 5.82 Å². The Balaban J connectivity index is 2.38. The average Bonchev–Trinajstić information content (AvgIpc) is 2.36. The summed E-state index contributed by atoms with van der Waals surface area (Å²) in [6.07, 6.45) is 0. The fourth-order valence-electron chi connectivity index (χ4n) is 1.75. The monoisotopic (exact) mass is 406 g/mol. The molecule has 0 aliphatic carbocycles. The molecule has 5 heteroatoms. The average molecular weight is 408 g/mol. The van der Waals surface area contributed by atoms with Crippen molar-refractivity contribution in [1.29, 1.82) is 0 Å². The Morgan fingerprint density at radius 3 is 2.47 bits per heavy atom. The van der Waals surface area contributed by atoms with E-state index in [0.29, 0.717) is 5.02 Å². The van der Waals surface area contributed by atoms with Gasteiger partial charge in [-0.2, -0.15) is 0 Å². The van der Waals surface area contributed by atoms with E-state index in [1.54, 1.807) is 12.1 Å². The first-order valence-corrected chi connectivity index (χ1v) is 7.53.